The number of benzene rings is 2. The van der Waals surface area contributed by atoms with Crippen molar-refractivity contribution in [3.8, 4) is 5.75 Å². The summed E-state index contributed by atoms with van der Waals surface area (Å²) in [4.78, 5) is 11.3. The minimum atomic E-state index is 0.0932. The molecule has 0 aromatic heterocycles. The molecule has 0 saturated carbocycles. The van der Waals surface area contributed by atoms with E-state index in [9.17, 15) is 4.79 Å². The molecule has 0 bridgehead atoms. The van der Waals surface area contributed by atoms with Crippen molar-refractivity contribution in [1.29, 1.82) is 0 Å². The van der Waals surface area contributed by atoms with E-state index < -0.39 is 0 Å². The molecule has 1 amide bonds. The summed E-state index contributed by atoms with van der Waals surface area (Å²) in [5.74, 6) is 0.971. The van der Waals surface area contributed by atoms with Gasteiger partial charge in [0.25, 0.3) is 0 Å². The Hall–Kier alpha value is -2.33. The summed E-state index contributed by atoms with van der Waals surface area (Å²) in [6.07, 6.45) is 2.30. The van der Waals surface area contributed by atoms with Gasteiger partial charge in [-0.3, -0.25) is 4.79 Å². The quantitative estimate of drug-likeness (QED) is 0.773. The predicted octanol–water partition coefficient (Wildman–Crippen LogP) is 3.13. The summed E-state index contributed by atoms with van der Waals surface area (Å²) < 4.78 is 5.80. The van der Waals surface area contributed by atoms with Crippen molar-refractivity contribution in [3.05, 3.63) is 59.7 Å². The number of rotatable bonds is 7. The van der Waals surface area contributed by atoms with Gasteiger partial charge in [-0.2, -0.15) is 0 Å². The Morgan fingerprint density at radius 2 is 1.96 bits per heavy atom. The Labute approximate surface area is 136 Å². The second-order valence-corrected chi connectivity index (χ2v) is 5.73. The van der Waals surface area contributed by atoms with Crippen molar-refractivity contribution in [2.45, 2.75) is 25.8 Å². The fourth-order valence-corrected chi connectivity index (χ4v) is 2.67. The second kappa shape index (κ2) is 7.79. The highest BCUT2D eigenvalue weighted by Crippen LogP contribution is 2.26. The number of carbonyl (C=O) groups is 1. The first kappa shape index (κ1) is 15.6. The number of ether oxygens (including phenoxy) is 1. The minimum Gasteiger partial charge on any atom is -0.494 e. The Bertz CT molecular complexity index is 656. The van der Waals surface area contributed by atoms with E-state index in [-0.39, 0.29) is 5.91 Å². The molecule has 0 aliphatic carbocycles. The van der Waals surface area contributed by atoms with Crippen LogP contribution in [0.25, 0.3) is 0 Å². The van der Waals surface area contributed by atoms with Gasteiger partial charge in [-0.25, -0.2) is 0 Å². The molecule has 0 radical (unpaired) electrons. The number of fused-ring (bicyclic) bond motifs is 1. The predicted molar refractivity (Wildman–Crippen MR) is 91.7 cm³/mol. The van der Waals surface area contributed by atoms with Gasteiger partial charge in [0.1, 0.15) is 5.75 Å². The second-order valence-electron chi connectivity index (χ2n) is 5.73. The third-order valence-corrected chi connectivity index (χ3v) is 3.91. The van der Waals surface area contributed by atoms with Crippen LogP contribution < -0.4 is 15.4 Å². The maximum atomic E-state index is 11.3. The molecule has 1 aliphatic rings. The molecule has 4 heteroatoms. The van der Waals surface area contributed by atoms with Gasteiger partial charge in [0.2, 0.25) is 5.91 Å². The molecule has 0 unspecified atom stereocenters. The van der Waals surface area contributed by atoms with Crippen molar-refractivity contribution >= 4 is 11.6 Å². The lowest BCUT2D eigenvalue weighted by Gasteiger charge is -2.17. The number of aryl methyl sites for hydroxylation is 1. The zero-order valence-electron chi connectivity index (χ0n) is 13.2. The average Bonchev–Trinajstić information content (AvgIpc) is 2.59. The Morgan fingerprint density at radius 1 is 1.09 bits per heavy atom. The highest BCUT2D eigenvalue weighted by atomic mass is 16.5. The molecule has 0 saturated heterocycles. The van der Waals surface area contributed by atoms with Crippen LogP contribution in [0.15, 0.2) is 48.5 Å². The van der Waals surface area contributed by atoms with E-state index in [1.807, 2.05) is 24.3 Å². The molecule has 23 heavy (non-hydrogen) atoms. The van der Waals surface area contributed by atoms with Crippen LogP contribution in [0.4, 0.5) is 5.69 Å². The van der Waals surface area contributed by atoms with Gasteiger partial charge < -0.3 is 15.4 Å². The third kappa shape index (κ3) is 4.57. The molecule has 1 heterocycles. The van der Waals surface area contributed by atoms with Crippen LogP contribution in [0.2, 0.25) is 0 Å². The normalized spacial score (nSPS) is 13.3. The van der Waals surface area contributed by atoms with Crippen LogP contribution in [0.1, 0.15) is 24.0 Å². The maximum absolute atomic E-state index is 11.3. The van der Waals surface area contributed by atoms with Gasteiger partial charge in [-0.15, -0.1) is 0 Å². The first-order valence-electron chi connectivity index (χ1n) is 8.11. The lowest BCUT2D eigenvalue weighted by Crippen LogP contribution is -2.19. The summed E-state index contributed by atoms with van der Waals surface area (Å²) in [5.41, 5.74) is 3.37. The Kier molecular flexibility index (Phi) is 5.27. The van der Waals surface area contributed by atoms with E-state index in [0.717, 1.165) is 42.9 Å². The van der Waals surface area contributed by atoms with Crippen molar-refractivity contribution in [3.63, 3.8) is 0 Å². The van der Waals surface area contributed by atoms with E-state index in [4.69, 9.17) is 4.74 Å². The topological polar surface area (TPSA) is 50.4 Å². The largest absolute Gasteiger partial charge is 0.494 e. The molecule has 2 aromatic rings. The van der Waals surface area contributed by atoms with Crippen LogP contribution in [-0.4, -0.2) is 19.1 Å². The first-order chi connectivity index (χ1) is 11.3. The zero-order valence-corrected chi connectivity index (χ0v) is 13.2. The van der Waals surface area contributed by atoms with E-state index in [1.165, 1.54) is 5.56 Å². The Morgan fingerprint density at radius 3 is 2.83 bits per heavy atom. The van der Waals surface area contributed by atoms with Gasteiger partial charge in [0, 0.05) is 18.7 Å². The number of anilines is 1. The SMILES string of the molecule is O=C1CCc2cc(OCCCNCc3ccccc3)ccc2N1. The molecular formula is C19H22N2O2. The van der Waals surface area contributed by atoms with Crippen LogP contribution in [0, 0.1) is 0 Å². The number of hydrogen-bond acceptors (Lipinski definition) is 3. The first-order valence-corrected chi connectivity index (χ1v) is 8.11. The zero-order chi connectivity index (χ0) is 15.9. The molecule has 120 valence electrons. The van der Waals surface area contributed by atoms with Crippen LogP contribution in [-0.2, 0) is 17.8 Å². The highest BCUT2D eigenvalue weighted by molar-refractivity contribution is 5.93. The summed E-state index contributed by atoms with van der Waals surface area (Å²) in [6, 6.07) is 16.3. The number of carbonyl (C=O) groups excluding carboxylic acids is 1. The maximum Gasteiger partial charge on any atom is 0.224 e. The molecule has 2 aromatic carbocycles. The van der Waals surface area contributed by atoms with Gasteiger partial charge in [-0.1, -0.05) is 30.3 Å². The molecular weight excluding hydrogens is 288 g/mol. The number of amides is 1. The molecule has 4 nitrogen and oxygen atoms in total. The van der Waals surface area contributed by atoms with Gasteiger partial charge in [0.15, 0.2) is 0 Å². The lowest BCUT2D eigenvalue weighted by molar-refractivity contribution is -0.116. The van der Waals surface area contributed by atoms with Gasteiger partial charge >= 0.3 is 0 Å². The molecule has 3 rings (SSSR count). The van der Waals surface area contributed by atoms with E-state index in [2.05, 4.69) is 34.9 Å². The standard InChI is InChI=1S/C19H22N2O2/c22-19-10-7-16-13-17(8-9-18(16)21-19)23-12-4-11-20-14-15-5-2-1-3-6-15/h1-3,5-6,8-9,13,20H,4,7,10-12,14H2,(H,21,22). The lowest BCUT2D eigenvalue weighted by atomic mass is 10.0. The molecule has 0 fully saturated rings. The van der Waals surface area contributed by atoms with Crippen LogP contribution in [0.5, 0.6) is 5.75 Å². The van der Waals surface area contributed by atoms with Gasteiger partial charge in [-0.05, 0) is 48.7 Å². The molecule has 0 spiro atoms. The van der Waals surface area contributed by atoms with Crippen molar-refractivity contribution in [2.24, 2.45) is 0 Å². The summed E-state index contributed by atoms with van der Waals surface area (Å²) in [7, 11) is 0. The molecule has 2 N–H and O–H groups in total. The summed E-state index contributed by atoms with van der Waals surface area (Å²) in [5, 5.41) is 6.30. The molecule has 1 aliphatic heterocycles. The highest BCUT2D eigenvalue weighted by Gasteiger charge is 2.14. The van der Waals surface area contributed by atoms with E-state index in [0.29, 0.717) is 13.0 Å². The fourth-order valence-electron chi connectivity index (χ4n) is 2.67. The van der Waals surface area contributed by atoms with E-state index >= 15 is 0 Å². The number of nitrogens with one attached hydrogen (secondary N) is 2. The average molecular weight is 310 g/mol. The van der Waals surface area contributed by atoms with E-state index in [1.54, 1.807) is 0 Å². The fraction of sp³-hybridized carbons (Fsp3) is 0.316. The number of hydrogen-bond donors (Lipinski definition) is 2. The van der Waals surface area contributed by atoms with Gasteiger partial charge in [0.05, 0.1) is 6.61 Å². The van der Waals surface area contributed by atoms with Crippen molar-refractivity contribution < 1.29 is 9.53 Å². The van der Waals surface area contributed by atoms with Crippen LogP contribution in [0.3, 0.4) is 0 Å². The summed E-state index contributed by atoms with van der Waals surface area (Å²) in [6.45, 7) is 2.50. The van der Waals surface area contributed by atoms with Crippen molar-refractivity contribution in [2.75, 3.05) is 18.5 Å². The minimum absolute atomic E-state index is 0.0932. The molecule has 0 atom stereocenters. The monoisotopic (exact) mass is 310 g/mol. The van der Waals surface area contributed by atoms with Crippen LogP contribution >= 0.6 is 0 Å². The Balaban J connectivity index is 1.37. The smallest absolute Gasteiger partial charge is 0.224 e. The summed E-state index contributed by atoms with van der Waals surface area (Å²) >= 11 is 0. The van der Waals surface area contributed by atoms with Crippen molar-refractivity contribution in [1.82, 2.24) is 5.32 Å². The third-order valence-electron chi connectivity index (χ3n) is 3.91.